The van der Waals surface area contributed by atoms with Crippen LogP contribution in [0.1, 0.15) is 21.5 Å². The highest BCUT2D eigenvalue weighted by atomic mass is 35.5. The van der Waals surface area contributed by atoms with E-state index in [0.29, 0.717) is 5.88 Å². The SMILES string of the molecule is O=C(Nc1ccccc1C(F)(F)F)c1ccc(CCl)cc1. The molecule has 0 aliphatic heterocycles. The number of benzene rings is 2. The van der Waals surface area contributed by atoms with Crippen LogP contribution in [0.15, 0.2) is 48.5 Å². The molecule has 0 spiro atoms. The smallest absolute Gasteiger partial charge is 0.321 e. The van der Waals surface area contributed by atoms with Crippen LogP contribution in [-0.4, -0.2) is 5.91 Å². The normalized spacial score (nSPS) is 11.2. The molecule has 2 rings (SSSR count). The number of anilines is 1. The monoisotopic (exact) mass is 313 g/mol. The number of hydrogen-bond donors (Lipinski definition) is 1. The molecule has 0 radical (unpaired) electrons. The molecule has 0 saturated heterocycles. The zero-order valence-electron chi connectivity index (χ0n) is 10.7. The second kappa shape index (κ2) is 6.18. The summed E-state index contributed by atoms with van der Waals surface area (Å²) < 4.78 is 38.5. The number of carbonyl (C=O) groups is 1. The molecule has 21 heavy (non-hydrogen) atoms. The summed E-state index contributed by atoms with van der Waals surface area (Å²) in [6.45, 7) is 0. The summed E-state index contributed by atoms with van der Waals surface area (Å²) in [4.78, 5) is 12.0. The summed E-state index contributed by atoms with van der Waals surface area (Å²) in [5.41, 5.74) is -0.0584. The minimum atomic E-state index is -4.52. The first-order chi connectivity index (χ1) is 9.91. The van der Waals surface area contributed by atoms with Gasteiger partial charge in [-0.3, -0.25) is 4.79 Å². The molecular weight excluding hydrogens is 303 g/mol. The molecule has 2 aromatic carbocycles. The minimum absolute atomic E-state index is 0.265. The number of para-hydroxylation sites is 1. The van der Waals surface area contributed by atoms with Crippen molar-refractivity contribution in [2.75, 3.05) is 5.32 Å². The first-order valence-corrected chi connectivity index (χ1v) is 6.58. The first-order valence-electron chi connectivity index (χ1n) is 6.04. The number of nitrogens with one attached hydrogen (secondary N) is 1. The molecule has 2 aromatic rings. The van der Waals surface area contributed by atoms with Gasteiger partial charge in [0, 0.05) is 11.4 Å². The van der Waals surface area contributed by atoms with Crippen LogP contribution >= 0.6 is 11.6 Å². The summed E-state index contributed by atoms with van der Waals surface area (Å²) in [6, 6.07) is 11.2. The number of carbonyl (C=O) groups excluding carboxylic acids is 1. The molecule has 0 saturated carbocycles. The maximum absolute atomic E-state index is 12.8. The minimum Gasteiger partial charge on any atom is -0.321 e. The topological polar surface area (TPSA) is 29.1 Å². The molecule has 0 atom stereocenters. The van der Waals surface area contributed by atoms with Crippen molar-refractivity contribution in [2.24, 2.45) is 0 Å². The summed E-state index contributed by atoms with van der Waals surface area (Å²) in [6.07, 6.45) is -4.52. The number of amides is 1. The van der Waals surface area contributed by atoms with Gasteiger partial charge >= 0.3 is 6.18 Å². The second-order valence-electron chi connectivity index (χ2n) is 4.33. The van der Waals surface area contributed by atoms with Gasteiger partial charge < -0.3 is 5.32 Å². The lowest BCUT2D eigenvalue weighted by molar-refractivity contribution is -0.136. The molecule has 2 nitrogen and oxygen atoms in total. The summed E-state index contributed by atoms with van der Waals surface area (Å²) in [5.74, 6) is -0.299. The van der Waals surface area contributed by atoms with Gasteiger partial charge in [0.15, 0.2) is 0 Å². The highest BCUT2D eigenvalue weighted by Crippen LogP contribution is 2.34. The van der Waals surface area contributed by atoms with Gasteiger partial charge in [-0.2, -0.15) is 13.2 Å². The van der Waals surface area contributed by atoms with Crippen molar-refractivity contribution in [3.8, 4) is 0 Å². The predicted octanol–water partition coefficient (Wildman–Crippen LogP) is 4.70. The van der Waals surface area contributed by atoms with Gasteiger partial charge in [-0.05, 0) is 29.8 Å². The molecule has 110 valence electrons. The molecule has 0 bridgehead atoms. The molecular formula is C15H11ClF3NO. The Morgan fingerprint density at radius 2 is 1.67 bits per heavy atom. The summed E-state index contributed by atoms with van der Waals surface area (Å²) in [5, 5.41) is 2.28. The van der Waals surface area contributed by atoms with Crippen LogP contribution in [0.3, 0.4) is 0 Å². The van der Waals surface area contributed by atoms with Crippen LogP contribution in [0.5, 0.6) is 0 Å². The summed E-state index contributed by atoms with van der Waals surface area (Å²) >= 11 is 5.63. The van der Waals surface area contributed by atoms with Gasteiger partial charge in [0.2, 0.25) is 0 Å². The zero-order chi connectivity index (χ0) is 15.5. The van der Waals surface area contributed by atoms with E-state index in [2.05, 4.69) is 5.32 Å². The van der Waals surface area contributed by atoms with Crippen LogP contribution < -0.4 is 5.32 Å². The molecule has 0 aliphatic rings. The Hall–Kier alpha value is -2.01. The Morgan fingerprint density at radius 1 is 1.05 bits per heavy atom. The molecule has 6 heteroatoms. The van der Waals surface area contributed by atoms with Crippen molar-refractivity contribution in [3.05, 3.63) is 65.2 Å². The molecule has 1 amide bonds. The lowest BCUT2D eigenvalue weighted by Gasteiger charge is -2.13. The second-order valence-corrected chi connectivity index (χ2v) is 4.60. The molecule has 0 aliphatic carbocycles. The van der Waals surface area contributed by atoms with Crippen molar-refractivity contribution in [1.29, 1.82) is 0 Å². The van der Waals surface area contributed by atoms with Crippen LogP contribution in [-0.2, 0) is 12.1 Å². The molecule has 0 unspecified atom stereocenters. The Morgan fingerprint density at radius 3 is 2.24 bits per heavy atom. The number of halogens is 4. The third kappa shape index (κ3) is 3.76. The van der Waals surface area contributed by atoms with Crippen molar-refractivity contribution in [3.63, 3.8) is 0 Å². The lowest BCUT2D eigenvalue weighted by atomic mass is 10.1. The largest absolute Gasteiger partial charge is 0.418 e. The van der Waals surface area contributed by atoms with E-state index in [9.17, 15) is 18.0 Å². The van der Waals surface area contributed by atoms with Crippen LogP contribution in [0.4, 0.5) is 18.9 Å². The lowest BCUT2D eigenvalue weighted by Crippen LogP contribution is -2.16. The van der Waals surface area contributed by atoms with E-state index < -0.39 is 17.6 Å². The average Bonchev–Trinajstić information content (AvgIpc) is 2.47. The molecule has 0 fully saturated rings. The number of alkyl halides is 4. The summed E-state index contributed by atoms with van der Waals surface area (Å²) in [7, 11) is 0. The fourth-order valence-corrected chi connectivity index (χ4v) is 1.96. The maximum Gasteiger partial charge on any atom is 0.418 e. The van der Waals surface area contributed by atoms with Gasteiger partial charge in [0.1, 0.15) is 0 Å². The number of hydrogen-bond acceptors (Lipinski definition) is 1. The van der Waals surface area contributed by atoms with Crippen molar-refractivity contribution >= 4 is 23.2 Å². The van der Waals surface area contributed by atoms with Crippen molar-refractivity contribution in [1.82, 2.24) is 0 Å². The zero-order valence-corrected chi connectivity index (χ0v) is 11.5. The van der Waals surface area contributed by atoms with E-state index in [-0.39, 0.29) is 11.3 Å². The van der Waals surface area contributed by atoms with E-state index >= 15 is 0 Å². The van der Waals surface area contributed by atoms with E-state index in [4.69, 9.17) is 11.6 Å². The first kappa shape index (κ1) is 15.4. The van der Waals surface area contributed by atoms with Gasteiger partial charge in [-0.15, -0.1) is 11.6 Å². The Balaban J connectivity index is 2.23. The Labute approximate surface area is 124 Å². The Kier molecular flexibility index (Phi) is 4.53. The fourth-order valence-electron chi connectivity index (χ4n) is 1.78. The third-order valence-corrected chi connectivity index (χ3v) is 3.16. The van der Waals surface area contributed by atoms with E-state index in [0.717, 1.165) is 11.6 Å². The van der Waals surface area contributed by atoms with Crippen LogP contribution in [0, 0.1) is 0 Å². The third-order valence-electron chi connectivity index (χ3n) is 2.85. The van der Waals surface area contributed by atoms with Gasteiger partial charge in [0.25, 0.3) is 5.91 Å². The highest BCUT2D eigenvalue weighted by Gasteiger charge is 2.33. The van der Waals surface area contributed by atoms with Crippen molar-refractivity contribution < 1.29 is 18.0 Å². The molecule has 0 heterocycles. The maximum atomic E-state index is 12.8. The van der Waals surface area contributed by atoms with Crippen LogP contribution in [0.2, 0.25) is 0 Å². The van der Waals surface area contributed by atoms with E-state index in [1.807, 2.05) is 0 Å². The predicted molar refractivity (Wildman–Crippen MR) is 75.4 cm³/mol. The van der Waals surface area contributed by atoms with E-state index in [1.165, 1.54) is 30.3 Å². The van der Waals surface area contributed by atoms with E-state index in [1.54, 1.807) is 12.1 Å². The molecule has 1 N–H and O–H groups in total. The van der Waals surface area contributed by atoms with Gasteiger partial charge in [-0.25, -0.2) is 0 Å². The standard InChI is InChI=1S/C15H11ClF3NO/c16-9-10-5-7-11(8-6-10)14(21)20-13-4-2-1-3-12(13)15(17,18)19/h1-8H,9H2,(H,20,21). The average molecular weight is 314 g/mol. The van der Waals surface area contributed by atoms with Gasteiger partial charge in [-0.1, -0.05) is 24.3 Å². The van der Waals surface area contributed by atoms with Crippen molar-refractivity contribution in [2.45, 2.75) is 12.1 Å². The highest BCUT2D eigenvalue weighted by molar-refractivity contribution is 6.17. The van der Waals surface area contributed by atoms with Crippen LogP contribution in [0.25, 0.3) is 0 Å². The molecule has 0 aromatic heterocycles. The number of rotatable bonds is 3. The van der Waals surface area contributed by atoms with Gasteiger partial charge in [0.05, 0.1) is 11.3 Å². The quantitative estimate of drug-likeness (QED) is 0.818. The fraction of sp³-hybridized carbons (Fsp3) is 0.133. The Bertz CT molecular complexity index is 638.